The van der Waals surface area contributed by atoms with Crippen LogP contribution in [0.2, 0.25) is 0 Å². The van der Waals surface area contributed by atoms with Gasteiger partial charge in [0.2, 0.25) is 5.13 Å². The summed E-state index contributed by atoms with van der Waals surface area (Å²) in [5.74, 6) is 0.486. The van der Waals surface area contributed by atoms with E-state index in [1.165, 1.54) is 35.6 Å². The Morgan fingerprint density at radius 2 is 1.73 bits per heavy atom. The van der Waals surface area contributed by atoms with E-state index < -0.39 is 11.7 Å². The maximum Gasteiger partial charge on any atom is 0.416 e. The number of fused-ring (bicyclic) bond motifs is 1. The van der Waals surface area contributed by atoms with E-state index in [-0.39, 0.29) is 11.9 Å². The lowest BCUT2D eigenvalue weighted by molar-refractivity contribution is -0.137. The summed E-state index contributed by atoms with van der Waals surface area (Å²) in [5, 5.41) is 16.2. The lowest BCUT2D eigenvalue weighted by Crippen LogP contribution is -2.33. The van der Waals surface area contributed by atoms with Gasteiger partial charge in [-0.15, -0.1) is 10.2 Å². The Balaban J connectivity index is 1.27. The van der Waals surface area contributed by atoms with Gasteiger partial charge in [0, 0.05) is 41.5 Å². The second-order valence-electron chi connectivity index (χ2n) is 10.1. The fourth-order valence-electron chi connectivity index (χ4n) is 5.11. The Labute approximate surface area is 236 Å². The monoisotopic (exact) mass is 580 g/mol. The van der Waals surface area contributed by atoms with Gasteiger partial charge in [-0.25, -0.2) is 9.37 Å². The normalized spacial score (nSPS) is 17.7. The number of nitrogens with one attached hydrogen (secondary N) is 2. The topological polar surface area (TPSA) is 76.9 Å². The standard InChI is InChI=1S/C29H24F4N6OS/c30-19-7-3-16(4-8-19)26-35-23-14-22(21(25-15-34-11-12-40-25)13-24(23)39(26)20-9-10-20)36-28-38-37-27(41-28)17-1-5-18(6-2-17)29(31,32)33/h1-8,13-14,20,25,34H,9-12,15H2,(H,36,38). The van der Waals surface area contributed by atoms with E-state index in [9.17, 15) is 17.6 Å². The van der Waals surface area contributed by atoms with Crippen LogP contribution in [-0.2, 0) is 10.9 Å². The first-order valence-corrected chi connectivity index (χ1v) is 14.1. The third kappa shape index (κ3) is 5.18. The number of benzene rings is 3. The highest BCUT2D eigenvalue weighted by Gasteiger charge is 2.31. The number of nitrogens with zero attached hydrogens (tertiary/aromatic N) is 4. The SMILES string of the molecule is Fc1ccc(-c2nc3cc(Nc4nnc(-c5ccc(C(F)(F)F)cc5)s4)c(C4CNCCO4)cc3n2C2CC2)cc1. The molecule has 0 spiro atoms. The van der Waals surface area contributed by atoms with Crippen LogP contribution in [0.1, 0.15) is 36.1 Å². The van der Waals surface area contributed by atoms with Crippen molar-refractivity contribution in [2.75, 3.05) is 25.0 Å². The number of halogens is 4. The first-order valence-electron chi connectivity index (χ1n) is 13.3. The van der Waals surface area contributed by atoms with Gasteiger partial charge in [-0.1, -0.05) is 23.5 Å². The van der Waals surface area contributed by atoms with Crippen molar-refractivity contribution in [3.05, 3.63) is 77.6 Å². The van der Waals surface area contributed by atoms with Crippen molar-refractivity contribution in [2.45, 2.75) is 31.2 Å². The van der Waals surface area contributed by atoms with Gasteiger partial charge in [0.15, 0.2) is 0 Å². The highest BCUT2D eigenvalue weighted by Crippen LogP contribution is 2.43. The molecule has 1 atom stereocenters. The maximum atomic E-state index is 13.7. The molecule has 1 saturated carbocycles. The van der Waals surface area contributed by atoms with E-state index >= 15 is 0 Å². The molecule has 2 aliphatic rings. The van der Waals surface area contributed by atoms with Crippen molar-refractivity contribution < 1.29 is 22.3 Å². The number of aromatic nitrogens is 4. The number of imidazole rings is 1. The molecule has 210 valence electrons. The van der Waals surface area contributed by atoms with Crippen LogP contribution in [0.5, 0.6) is 0 Å². The molecular weight excluding hydrogens is 556 g/mol. The van der Waals surface area contributed by atoms with Crippen LogP contribution in [0, 0.1) is 5.82 Å². The van der Waals surface area contributed by atoms with Crippen LogP contribution in [0.3, 0.4) is 0 Å². The molecule has 2 fully saturated rings. The Morgan fingerprint density at radius 1 is 0.976 bits per heavy atom. The second-order valence-corrected chi connectivity index (χ2v) is 11.1. The van der Waals surface area contributed by atoms with Crippen LogP contribution in [0.25, 0.3) is 33.0 Å². The van der Waals surface area contributed by atoms with Gasteiger partial charge in [0.25, 0.3) is 0 Å². The Bertz CT molecular complexity index is 1700. The zero-order valence-corrected chi connectivity index (χ0v) is 22.4. The fourth-order valence-corrected chi connectivity index (χ4v) is 5.87. The number of hydrogen-bond acceptors (Lipinski definition) is 7. The number of alkyl halides is 3. The Hall–Kier alpha value is -3.87. The van der Waals surface area contributed by atoms with Crippen molar-refractivity contribution in [3.8, 4) is 22.0 Å². The van der Waals surface area contributed by atoms with Crippen LogP contribution in [-0.4, -0.2) is 39.4 Å². The molecule has 2 N–H and O–H groups in total. The molecule has 7 nitrogen and oxygen atoms in total. The summed E-state index contributed by atoms with van der Waals surface area (Å²) in [4.78, 5) is 4.96. The van der Waals surface area contributed by atoms with Crippen molar-refractivity contribution in [1.82, 2.24) is 25.1 Å². The van der Waals surface area contributed by atoms with Gasteiger partial charge in [0.1, 0.15) is 16.6 Å². The minimum Gasteiger partial charge on any atom is -0.371 e. The highest BCUT2D eigenvalue weighted by atomic mass is 32.1. The smallest absolute Gasteiger partial charge is 0.371 e. The number of hydrogen-bond donors (Lipinski definition) is 2. The Morgan fingerprint density at radius 3 is 2.41 bits per heavy atom. The lowest BCUT2D eigenvalue weighted by atomic mass is 10.0. The molecule has 1 aliphatic carbocycles. The fraction of sp³-hybridized carbons (Fsp3) is 0.276. The minimum atomic E-state index is -4.40. The Kier molecular flexibility index (Phi) is 6.48. The quantitative estimate of drug-likeness (QED) is 0.208. The largest absolute Gasteiger partial charge is 0.416 e. The van der Waals surface area contributed by atoms with Crippen molar-refractivity contribution in [3.63, 3.8) is 0 Å². The van der Waals surface area contributed by atoms with Crippen LogP contribution < -0.4 is 10.6 Å². The number of morpholine rings is 1. The summed E-state index contributed by atoms with van der Waals surface area (Å²) in [6.07, 6.45) is -2.52. The van der Waals surface area contributed by atoms with Gasteiger partial charge in [-0.05, 0) is 61.4 Å². The summed E-state index contributed by atoms with van der Waals surface area (Å²) in [6.45, 7) is 1.97. The summed E-state index contributed by atoms with van der Waals surface area (Å²) in [5.41, 5.74) is 4.12. The summed E-state index contributed by atoms with van der Waals surface area (Å²) >= 11 is 1.24. The first-order chi connectivity index (χ1) is 19.8. The molecule has 5 aromatic rings. The van der Waals surface area contributed by atoms with E-state index in [2.05, 4.69) is 31.5 Å². The van der Waals surface area contributed by atoms with Gasteiger partial charge in [0.05, 0.1) is 29.3 Å². The second kappa shape index (κ2) is 10.2. The molecule has 1 aliphatic heterocycles. The number of ether oxygens (including phenoxy) is 1. The predicted molar refractivity (Wildman–Crippen MR) is 149 cm³/mol. The molecule has 3 aromatic carbocycles. The molecule has 1 saturated heterocycles. The van der Waals surface area contributed by atoms with Crippen molar-refractivity contribution in [1.29, 1.82) is 0 Å². The van der Waals surface area contributed by atoms with E-state index in [0.29, 0.717) is 34.9 Å². The van der Waals surface area contributed by atoms with Crippen LogP contribution in [0.4, 0.5) is 28.4 Å². The average molecular weight is 581 g/mol. The first kappa shape index (κ1) is 26.1. The van der Waals surface area contributed by atoms with Gasteiger partial charge >= 0.3 is 6.18 Å². The summed E-state index contributed by atoms with van der Waals surface area (Å²) in [7, 11) is 0. The van der Waals surface area contributed by atoms with Crippen molar-refractivity contribution >= 4 is 33.2 Å². The molecule has 3 heterocycles. The summed E-state index contributed by atoms with van der Waals surface area (Å²) < 4.78 is 61.0. The van der Waals surface area contributed by atoms with E-state index in [0.717, 1.165) is 65.2 Å². The molecule has 0 radical (unpaired) electrons. The van der Waals surface area contributed by atoms with Gasteiger partial charge in [-0.3, -0.25) is 0 Å². The molecule has 41 heavy (non-hydrogen) atoms. The highest BCUT2D eigenvalue weighted by molar-refractivity contribution is 7.18. The van der Waals surface area contributed by atoms with Gasteiger partial charge < -0.3 is 19.9 Å². The maximum absolute atomic E-state index is 13.7. The summed E-state index contributed by atoms with van der Waals surface area (Å²) in [6, 6.07) is 15.6. The zero-order valence-electron chi connectivity index (χ0n) is 21.6. The molecule has 2 aromatic heterocycles. The molecule has 0 amide bonds. The lowest BCUT2D eigenvalue weighted by Gasteiger charge is -2.26. The molecule has 7 rings (SSSR count). The number of anilines is 2. The third-order valence-electron chi connectivity index (χ3n) is 7.28. The zero-order chi connectivity index (χ0) is 28.1. The van der Waals surface area contributed by atoms with E-state index in [1.54, 1.807) is 12.1 Å². The molecular formula is C29H24F4N6OS. The molecule has 1 unspecified atom stereocenters. The molecule has 0 bridgehead atoms. The van der Waals surface area contributed by atoms with Crippen LogP contribution in [0.15, 0.2) is 60.7 Å². The average Bonchev–Trinajstić information content (AvgIpc) is 3.59. The minimum absolute atomic E-state index is 0.213. The van der Waals surface area contributed by atoms with E-state index in [4.69, 9.17) is 9.72 Å². The van der Waals surface area contributed by atoms with Crippen LogP contribution >= 0.6 is 11.3 Å². The van der Waals surface area contributed by atoms with Gasteiger partial charge in [-0.2, -0.15) is 13.2 Å². The van der Waals surface area contributed by atoms with E-state index in [1.807, 2.05) is 6.07 Å². The predicted octanol–water partition coefficient (Wildman–Crippen LogP) is 7.12. The van der Waals surface area contributed by atoms with Crippen molar-refractivity contribution in [2.24, 2.45) is 0 Å². The number of rotatable bonds is 6. The molecule has 12 heteroatoms. The third-order valence-corrected chi connectivity index (χ3v) is 8.16.